The Balaban J connectivity index is 2.65. The fourth-order valence-corrected chi connectivity index (χ4v) is 1.71. The molecule has 98 valence electrons. The van der Waals surface area contributed by atoms with Crippen LogP contribution in [0.15, 0.2) is 24.3 Å². The van der Waals surface area contributed by atoms with E-state index >= 15 is 0 Å². The Morgan fingerprint density at radius 1 is 1.39 bits per heavy atom. The zero-order chi connectivity index (χ0) is 13.8. The highest BCUT2D eigenvalue weighted by atomic mass is 35.5. The molecule has 0 N–H and O–H groups in total. The third-order valence-corrected chi connectivity index (χ3v) is 2.81. The lowest BCUT2D eigenvalue weighted by Crippen LogP contribution is -2.33. The van der Waals surface area contributed by atoms with Crippen LogP contribution in [0.3, 0.4) is 0 Å². The first-order valence-corrected chi connectivity index (χ1v) is 5.60. The zero-order valence-electron chi connectivity index (χ0n) is 9.71. The third kappa shape index (κ3) is 4.21. The van der Waals surface area contributed by atoms with Crippen molar-refractivity contribution in [3.63, 3.8) is 0 Å². The first-order chi connectivity index (χ1) is 8.34. The molecular formula is C12H12ClF3N2. The van der Waals surface area contributed by atoms with E-state index in [9.17, 15) is 13.2 Å². The van der Waals surface area contributed by atoms with Gasteiger partial charge in [0.05, 0.1) is 6.07 Å². The van der Waals surface area contributed by atoms with E-state index in [1.54, 1.807) is 24.3 Å². The van der Waals surface area contributed by atoms with Gasteiger partial charge in [-0.3, -0.25) is 0 Å². The lowest BCUT2D eigenvalue weighted by atomic mass is 10.1. The molecule has 0 amide bonds. The average Bonchev–Trinajstić information content (AvgIpc) is 2.27. The molecule has 0 radical (unpaired) electrons. The molecule has 1 aromatic carbocycles. The van der Waals surface area contributed by atoms with Gasteiger partial charge in [0, 0.05) is 18.1 Å². The van der Waals surface area contributed by atoms with Gasteiger partial charge >= 0.3 is 6.18 Å². The normalized spacial score (nSPS) is 13.4. The maximum atomic E-state index is 12.4. The van der Waals surface area contributed by atoms with Gasteiger partial charge in [0.1, 0.15) is 0 Å². The second-order valence-electron chi connectivity index (χ2n) is 4.01. The largest absolute Gasteiger partial charge is 0.405 e. The molecule has 0 aliphatic carbocycles. The van der Waals surface area contributed by atoms with E-state index in [0.717, 1.165) is 5.56 Å². The van der Waals surface area contributed by atoms with E-state index in [2.05, 4.69) is 0 Å². The molecular weight excluding hydrogens is 265 g/mol. The van der Waals surface area contributed by atoms with Crippen LogP contribution in [0.25, 0.3) is 0 Å². The van der Waals surface area contributed by atoms with Gasteiger partial charge in [0.2, 0.25) is 0 Å². The molecule has 0 saturated heterocycles. The van der Waals surface area contributed by atoms with Crippen molar-refractivity contribution in [2.45, 2.75) is 12.7 Å². The zero-order valence-corrected chi connectivity index (χ0v) is 10.5. The van der Waals surface area contributed by atoms with Crippen molar-refractivity contribution in [3.8, 4) is 6.07 Å². The molecule has 2 nitrogen and oxygen atoms in total. The summed E-state index contributed by atoms with van der Waals surface area (Å²) < 4.78 is 37.3. The lowest BCUT2D eigenvalue weighted by Gasteiger charge is -2.21. The Morgan fingerprint density at radius 2 is 2.00 bits per heavy atom. The summed E-state index contributed by atoms with van der Waals surface area (Å²) in [5.41, 5.74) is 0.737. The minimum absolute atomic E-state index is 0.272. The van der Waals surface area contributed by atoms with Gasteiger partial charge in [-0.1, -0.05) is 29.8 Å². The van der Waals surface area contributed by atoms with Gasteiger partial charge in [-0.2, -0.15) is 18.4 Å². The molecule has 1 aromatic rings. The highest BCUT2D eigenvalue weighted by Gasteiger charge is 2.40. The molecule has 18 heavy (non-hydrogen) atoms. The van der Waals surface area contributed by atoms with E-state index in [1.165, 1.54) is 18.0 Å². The van der Waals surface area contributed by atoms with Gasteiger partial charge in [-0.05, 0) is 18.7 Å². The van der Waals surface area contributed by atoms with Gasteiger partial charge in [-0.25, -0.2) is 0 Å². The SMILES string of the molecule is CN(Cc1ccccc1Cl)CC(C#N)C(F)(F)F. The van der Waals surface area contributed by atoms with E-state index in [1.807, 2.05) is 0 Å². The Bertz CT molecular complexity index is 440. The molecule has 0 fully saturated rings. The van der Waals surface area contributed by atoms with Crippen molar-refractivity contribution in [1.82, 2.24) is 4.90 Å². The Kier molecular flexibility index (Phi) is 5.00. The summed E-state index contributed by atoms with van der Waals surface area (Å²) in [6.45, 7) is -0.0981. The van der Waals surface area contributed by atoms with E-state index < -0.39 is 12.1 Å². The van der Waals surface area contributed by atoms with Gasteiger partial charge in [0.25, 0.3) is 0 Å². The third-order valence-electron chi connectivity index (χ3n) is 2.44. The average molecular weight is 277 g/mol. The van der Waals surface area contributed by atoms with Crippen LogP contribution in [0, 0.1) is 17.2 Å². The maximum Gasteiger partial charge on any atom is 0.405 e. The van der Waals surface area contributed by atoms with E-state index in [4.69, 9.17) is 16.9 Å². The number of hydrogen-bond acceptors (Lipinski definition) is 2. The van der Waals surface area contributed by atoms with Crippen LogP contribution < -0.4 is 0 Å². The molecule has 0 saturated carbocycles. The van der Waals surface area contributed by atoms with Crippen molar-refractivity contribution >= 4 is 11.6 Å². The Labute approximate surface area is 109 Å². The summed E-state index contributed by atoms with van der Waals surface area (Å²) in [5, 5.41) is 9.01. The summed E-state index contributed by atoms with van der Waals surface area (Å²) in [5.74, 6) is -1.98. The van der Waals surface area contributed by atoms with Crippen molar-refractivity contribution < 1.29 is 13.2 Å². The maximum absolute atomic E-state index is 12.4. The minimum Gasteiger partial charge on any atom is -0.300 e. The fraction of sp³-hybridized carbons (Fsp3) is 0.417. The second-order valence-corrected chi connectivity index (χ2v) is 4.42. The molecule has 6 heteroatoms. The minimum atomic E-state index is -4.50. The fourth-order valence-electron chi connectivity index (χ4n) is 1.51. The summed E-state index contributed by atoms with van der Waals surface area (Å²) in [7, 11) is 1.53. The van der Waals surface area contributed by atoms with Crippen molar-refractivity contribution in [3.05, 3.63) is 34.9 Å². The van der Waals surface area contributed by atoms with Crippen LogP contribution in [-0.2, 0) is 6.54 Å². The quantitative estimate of drug-likeness (QED) is 0.842. The van der Waals surface area contributed by atoms with Crippen LogP contribution in [-0.4, -0.2) is 24.7 Å². The molecule has 0 bridgehead atoms. The van der Waals surface area contributed by atoms with Crippen LogP contribution in [0.5, 0.6) is 0 Å². The van der Waals surface area contributed by atoms with Gasteiger partial charge in [0.15, 0.2) is 5.92 Å². The standard InChI is InChI=1S/C12H12ClF3N2/c1-18(8-10(6-17)12(14,15)16)7-9-4-2-3-5-11(9)13/h2-5,10H,7-8H2,1H3. The second kappa shape index (κ2) is 6.07. The van der Waals surface area contributed by atoms with Crippen molar-refractivity contribution in [1.29, 1.82) is 5.26 Å². The number of alkyl halides is 3. The first-order valence-electron chi connectivity index (χ1n) is 5.23. The van der Waals surface area contributed by atoms with E-state index in [0.29, 0.717) is 5.02 Å². The van der Waals surface area contributed by atoms with Crippen LogP contribution in [0.2, 0.25) is 5.02 Å². The molecule has 1 unspecified atom stereocenters. The number of hydrogen-bond donors (Lipinski definition) is 0. The summed E-state index contributed by atoms with van der Waals surface area (Å²) in [4.78, 5) is 1.43. The number of rotatable bonds is 4. The van der Waals surface area contributed by atoms with Crippen LogP contribution in [0.1, 0.15) is 5.56 Å². The number of nitrogens with zero attached hydrogens (tertiary/aromatic N) is 2. The Morgan fingerprint density at radius 3 is 2.50 bits per heavy atom. The highest BCUT2D eigenvalue weighted by molar-refractivity contribution is 6.31. The molecule has 0 aromatic heterocycles. The smallest absolute Gasteiger partial charge is 0.300 e. The number of nitriles is 1. The predicted octanol–water partition coefficient (Wildman–Crippen LogP) is 3.47. The summed E-state index contributed by atoms with van der Waals surface area (Å²) >= 11 is 5.91. The lowest BCUT2D eigenvalue weighted by molar-refractivity contribution is -0.162. The highest BCUT2D eigenvalue weighted by Crippen LogP contribution is 2.26. The Hall–Kier alpha value is -1.25. The number of halogens is 4. The first kappa shape index (κ1) is 14.8. The summed E-state index contributed by atoms with van der Waals surface area (Å²) in [6.07, 6.45) is -4.50. The summed E-state index contributed by atoms with van der Waals surface area (Å²) in [6, 6.07) is 8.21. The predicted molar refractivity (Wildman–Crippen MR) is 62.9 cm³/mol. The van der Waals surface area contributed by atoms with E-state index in [-0.39, 0.29) is 13.1 Å². The van der Waals surface area contributed by atoms with Crippen molar-refractivity contribution in [2.75, 3.05) is 13.6 Å². The molecule has 1 rings (SSSR count). The number of benzene rings is 1. The van der Waals surface area contributed by atoms with Crippen molar-refractivity contribution in [2.24, 2.45) is 5.92 Å². The van der Waals surface area contributed by atoms with Gasteiger partial charge < -0.3 is 4.90 Å². The monoisotopic (exact) mass is 276 g/mol. The molecule has 0 aliphatic heterocycles. The molecule has 1 atom stereocenters. The molecule has 0 spiro atoms. The molecule has 0 heterocycles. The van der Waals surface area contributed by atoms with Gasteiger partial charge in [-0.15, -0.1) is 0 Å². The van der Waals surface area contributed by atoms with Crippen LogP contribution >= 0.6 is 11.6 Å². The molecule has 0 aliphatic rings. The van der Waals surface area contributed by atoms with Crippen LogP contribution in [0.4, 0.5) is 13.2 Å². The topological polar surface area (TPSA) is 27.0 Å².